The molecule has 1 aromatic rings. The maximum Gasteiger partial charge on any atom is 0.319 e. The van der Waals surface area contributed by atoms with Crippen LogP contribution in [0, 0.1) is 0 Å². The summed E-state index contributed by atoms with van der Waals surface area (Å²) in [5.74, 6) is 0.644. The second-order valence-corrected chi connectivity index (χ2v) is 7.89. The number of rotatable bonds is 9. The molecule has 1 aromatic carbocycles. The van der Waals surface area contributed by atoms with Crippen molar-refractivity contribution in [2.24, 2.45) is 5.73 Å². The van der Waals surface area contributed by atoms with Gasteiger partial charge >= 0.3 is 6.03 Å². The Hall–Kier alpha value is -1.83. The summed E-state index contributed by atoms with van der Waals surface area (Å²) >= 11 is 0. The third-order valence-corrected chi connectivity index (χ3v) is 4.82. The fourth-order valence-corrected chi connectivity index (χ4v) is 2.95. The zero-order valence-corrected chi connectivity index (χ0v) is 16.5. The number of nitrogens with two attached hydrogens (primary N) is 1. The van der Waals surface area contributed by atoms with Gasteiger partial charge in [0.15, 0.2) is 0 Å². The first-order chi connectivity index (χ1) is 12.9. The Morgan fingerprint density at radius 1 is 1.26 bits per heavy atom. The molecule has 0 aliphatic heterocycles. The van der Waals surface area contributed by atoms with Crippen molar-refractivity contribution in [1.82, 2.24) is 10.6 Å². The second kappa shape index (κ2) is 10.5. The van der Waals surface area contributed by atoms with Crippen LogP contribution in [0.2, 0.25) is 0 Å². The van der Waals surface area contributed by atoms with E-state index in [1.54, 1.807) is 24.3 Å². The van der Waals surface area contributed by atoms with Crippen LogP contribution in [0.3, 0.4) is 0 Å². The van der Waals surface area contributed by atoms with Crippen molar-refractivity contribution >= 4 is 11.7 Å². The second-order valence-electron chi connectivity index (χ2n) is 7.89. The van der Waals surface area contributed by atoms with Crippen LogP contribution in [0.15, 0.2) is 24.3 Å². The van der Waals surface area contributed by atoms with Crippen molar-refractivity contribution in [1.29, 1.82) is 0 Å². The van der Waals surface area contributed by atoms with Crippen molar-refractivity contribution in [3.63, 3.8) is 0 Å². The molecule has 6 N–H and O–H groups in total. The number of benzene rings is 1. The molecule has 7 heteroatoms. The number of carbonyl (C=O) groups excluding carboxylic acids is 1. The maximum atomic E-state index is 12.1. The smallest absolute Gasteiger partial charge is 0.319 e. The first-order valence-corrected chi connectivity index (χ1v) is 9.81. The SMILES string of the molecule is CC(C)(CN)NCC(O)COc1ccc(NC(=O)NC2CCCCC2)cc1. The minimum absolute atomic E-state index is 0.167. The summed E-state index contributed by atoms with van der Waals surface area (Å²) in [6, 6.07) is 7.25. The fraction of sp³-hybridized carbons (Fsp3) is 0.650. The molecule has 1 saturated carbocycles. The lowest BCUT2D eigenvalue weighted by Crippen LogP contribution is -2.49. The van der Waals surface area contributed by atoms with Gasteiger partial charge < -0.3 is 31.5 Å². The van der Waals surface area contributed by atoms with Crippen LogP contribution in [0.5, 0.6) is 5.75 Å². The van der Waals surface area contributed by atoms with Gasteiger partial charge in [-0.1, -0.05) is 19.3 Å². The van der Waals surface area contributed by atoms with E-state index >= 15 is 0 Å². The quantitative estimate of drug-likeness (QED) is 0.453. The van der Waals surface area contributed by atoms with Crippen LogP contribution in [0.4, 0.5) is 10.5 Å². The minimum atomic E-state index is -0.630. The van der Waals surface area contributed by atoms with Crippen LogP contribution >= 0.6 is 0 Å². The molecule has 27 heavy (non-hydrogen) atoms. The average Bonchev–Trinajstić information content (AvgIpc) is 2.66. The Morgan fingerprint density at radius 3 is 2.56 bits per heavy atom. The molecule has 1 unspecified atom stereocenters. The van der Waals surface area contributed by atoms with Gasteiger partial charge in [-0.05, 0) is 51.0 Å². The van der Waals surface area contributed by atoms with Gasteiger partial charge in [0.05, 0.1) is 0 Å². The molecule has 0 heterocycles. The molecule has 0 spiro atoms. The lowest BCUT2D eigenvalue weighted by Gasteiger charge is -2.26. The Bertz CT molecular complexity index is 571. The molecule has 152 valence electrons. The van der Waals surface area contributed by atoms with Crippen LogP contribution in [-0.2, 0) is 0 Å². The van der Waals surface area contributed by atoms with Gasteiger partial charge in [0.1, 0.15) is 18.5 Å². The first-order valence-electron chi connectivity index (χ1n) is 9.81. The van der Waals surface area contributed by atoms with Gasteiger partial charge in [-0.15, -0.1) is 0 Å². The number of hydrogen-bond acceptors (Lipinski definition) is 5. The Morgan fingerprint density at radius 2 is 1.93 bits per heavy atom. The van der Waals surface area contributed by atoms with E-state index in [2.05, 4.69) is 16.0 Å². The van der Waals surface area contributed by atoms with Crippen molar-refractivity contribution < 1.29 is 14.6 Å². The Kier molecular flexibility index (Phi) is 8.34. The number of urea groups is 1. The number of anilines is 1. The highest BCUT2D eigenvalue weighted by Crippen LogP contribution is 2.18. The molecular weight excluding hydrogens is 344 g/mol. The van der Waals surface area contributed by atoms with Gasteiger partial charge in [0.25, 0.3) is 0 Å². The topological polar surface area (TPSA) is 109 Å². The number of nitrogens with one attached hydrogen (secondary N) is 3. The number of hydrogen-bond donors (Lipinski definition) is 5. The molecule has 1 atom stereocenters. The number of amides is 2. The molecule has 2 rings (SSSR count). The highest BCUT2D eigenvalue weighted by Gasteiger charge is 2.17. The molecule has 0 radical (unpaired) electrons. The number of ether oxygens (including phenoxy) is 1. The van der Waals surface area contributed by atoms with Crippen LogP contribution < -0.4 is 26.4 Å². The predicted octanol–water partition coefficient (Wildman–Crippen LogP) is 2.21. The number of carbonyl (C=O) groups is 1. The molecule has 7 nitrogen and oxygen atoms in total. The normalized spacial score (nSPS) is 16.6. The van der Waals surface area contributed by atoms with Crippen LogP contribution in [-0.4, -0.2) is 48.5 Å². The fourth-order valence-electron chi connectivity index (χ4n) is 2.95. The molecule has 1 aliphatic carbocycles. The Balaban J connectivity index is 1.70. The lowest BCUT2D eigenvalue weighted by atomic mass is 9.96. The highest BCUT2D eigenvalue weighted by atomic mass is 16.5. The van der Waals surface area contributed by atoms with E-state index in [-0.39, 0.29) is 24.2 Å². The molecule has 0 bridgehead atoms. The zero-order valence-electron chi connectivity index (χ0n) is 16.5. The highest BCUT2D eigenvalue weighted by molar-refractivity contribution is 5.89. The zero-order chi connectivity index (χ0) is 19.7. The summed E-state index contributed by atoms with van der Waals surface area (Å²) in [5, 5.41) is 19.1. The third kappa shape index (κ3) is 8.15. The molecule has 2 amide bonds. The predicted molar refractivity (Wildman–Crippen MR) is 108 cm³/mol. The Labute approximate surface area is 162 Å². The molecule has 1 aliphatic rings. The molecule has 0 saturated heterocycles. The van der Waals surface area contributed by atoms with Crippen LogP contribution in [0.25, 0.3) is 0 Å². The van der Waals surface area contributed by atoms with E-state index in [0.29, 0.717) is 24.5 Å². The van der Waals surface area contributed by atoms with E-state index in [9.17, 15) is 9.90 Å². The van der Waals surface area contributed by atoms with Gasteiger partial charge in [-0.3, -0.25) is 0 Å². The van der Waals surface area contributed by atoms with E-state index in [4.69, 9.17) is 10.5 Å². The summed E-state index contributed by atoms with van der Waals surface area (Å²) in [7, 11) is 0. The van der Waals surface area contributed by atoms with E-state index in [1.165, 1.54) is 19.3 Å². The summed E-state index contributed by atoms with van der Waals surface area (Å²) in [6.45, 7) is 5.05. The summed E-state index contributed by atoms with van der Waals surface area (Å²) < 4.78 is 5.60. The van der Waals surface area contributed by atoms with E-state index < -0.39 is 6.10 Å². The van der Waals surface area contributed by atoms with Crippen molar-refractivity contribution in [2.45, 2.75) is 63.6 Å². The largest absolute Gasteiger partial charge is 0.491 e. The average molecular weight is 379 g/mol. The summed E-state index contributed by atoms with van der Waals surface area (Å²) in [4.78, 5) is 12.1. The summed E-state index contributed by atoms with van der Waals surface area (Å²) in [6.07, 6.45) is 5.11. The van der Waals surface area contributed by atoms with Gasteiger partial charge in [-0.25, -0.2) is 4.79 Å². The molecule has 1 fully saturated rings. The first kappa shape index (κ1) is 21.5. The molecular formula is C20H34N4O3. The molecule has 0 aromatic heterocycles. The summed E-state index contributed by atoms with van der Waals surface area (Å²) in [5.41, 5.74) is 6.14. The number of β-amino-alcohol motifs (C(OH)–C–C–N with tert-alkyl or cyclic N) is 1. The van der Waals surface area contributed by atoms with E-state index in [1.807, 2.05) is 13.8 Å². The standard InChI is InChI=1S/C20H34N4O3/c1-20(2,14-21)22-12-17(25)13-27-18-10-8-16(9-11-18)24-19(26)23-15-6-4-3-5-7-15/h8-11,15,17,22,25H,3-7,12-14,21H2,1-2H3,(H2,23,24,26). The van der Waals surface area contributed by atoms with Crippen molar-refractivity contribution in [2.75, 3.05) is 25.0 Å². The number of aliphatic hydroxyl groups is 1. The van der Waals surface area contributed by atoms with Crippen LogP contribution in [0.1, 0.15) is 46.0 Å². The monoisotopic (exact) mass is 378 g/mol. The van der Waals surface area contributed by atoms with Crippen molar-refractivity contribution in [3.05, 3.63) is 24.3 Å². The van der Waals surface area contributed by atoms with Gasteiger partial charge in [0, 0.05) is 30.4 Å². The lowest BCUT2D eigenvalue weighted by molar-refractivity contribution is 0.0994. The van der Waals surface area contributed by atoms with Gasteiger partial charge in [0.2, 0.25) is 0 Å². The van der Waals surface area contributed by atoms with Gasteiger partial charge in [-0.2, -0.15) is 0 Å². The minimum Gasteiger partial charge on any atom is -0.491 e. The van der Waals surface area contributed by atoms with E-state index in [0.717, 1.165) is 12.8 Å². The third-order valence-electron chi connectivity index (χ3n) is 4.82. The maximum absolute atomic E-state index is 12.1. The van der Waals surface area contributed by atoms with Crippen molar-refractivity contribution in [3.8, 4) is 5.75 Å². The number of aliphatic hydroxyl groups excluding tert-OH is 1.